The number of primary amides is 1. The molecule has 0 aromatic heterocycles. The van der Waals surface area contributed by atoms with E-state index < -0.39 is 40.8 Å². The van der Waals surface area contributed by atoms with Crippen molar-refractivity contribution in [2.75, 3.05) is 33.4 Å². The number of benzene rings is 3. The van der Waals surface area contributed by atoms with Gasteiger partial charge in [0.1, 0.15) is 31.1 Å². The van der Waals surface area contributed by atoms with Crippen molar-refractivity contribution >= 4 is 40.7 Å². The summed E-state index contributed by atoms with van der Waals surface area (Å²) in [5.74, 6) is 0.431. The molecular weight excluding hydrogens is 648 g/mol. The summed E-state index contributed by atoms with van der Waals surface area (Å²) in [4.78, 5) is 27.6. The first kappa shape index (κ1) is 33.4. The van der Waals surface area contributed by atoms with Crippen LogP contribution in [0.1, 0.15) is 36.0 Å². The molecule has 2 N–H and O–H groups in total. The lowest BCUT2D eigenvalue weighted by molar-refractivity contribution is -0.141. The van der Waals surface area contributed by atoms with E-state index in [4.69, 9.17) is 47.9 Å². The van der Waals surface area contributed by atoms with Crippen molar-refractivity contribution in [3.8, 4) is 17.2 Å². The second-order valence-corrected chi connectivity index (χ2v) is 11.7. The normalized spacial score (nSPS) is 16.1. The van der Waals surface area contributed by atoms with Gasteiger partial charge in [0.05, 0.1) is 23.3 Å². The average Bonchev–Trinajstić information content (AvgIpc) is 3.85. The van der Waals surface area contributed by atoms with Gasteiger partial charge in [0.25, 0.3) is 0 Å². The van der Waals surface area contributed by atoms with Crippen LogP contribution in [-0.4, -0.2) is 55.7 Å². The number of nitrogens with two attached hydrogens (primary N) is 1. The fraction of sp³-hybridized carbons (Fsp3) is 0.333. The van der Waals surface area contributed by atoms with E-state index in [1.807, 2.05) is 4.90 Å². The molecule has 13 heteroatoms. The largest absolute Gasteiger partial charge is 0.493 e. The Labute approximate surface area is 273 Å². The van der Waals surface area contributed by atoms with Crippen LogP contribution in [0.4, 0.5) is 13.2 Å². The van der Waals surface area contributed by atoms with Crippen molar-refractivity contribution in [3.63, 3.8) is 0 Å². The second-order valence-electron chi connectivity index (χ2n) is 10.9. The van der Waals surface area contributed by atoms with Gasteiger partial charge in [-0.05, 0) is 60.7 Å². The van der Waals surface area contributed by atoms with Crippen LogP contribution in [0.25, 0.3) is 5.57 Å². The molecule has 1 aliphatic carbocycles. The van der Waals surface area contributed by atoms with Crippen molar-refractivity contribution in [3.05, 3.63) is 93.0 Å². The van der Waals surface area contributed by atoms with Gasteiger partial charge in [0.2, 0.25) is 5.91 Å². The highest BCUT2D eigenvalue weighted by Crippen LogP contribution is 2.45. The third kappa shape index (κ3) is 7.37. The maximum Gasteiger partial charge on any atom is 0.417 e. The van der Waals surface area contributed by atoms with Crippen LogP contribution in [-0.2, 0) is 27.1 Å². The van der Waals surface area contributed by atoms with Crippen LogP contribution in [0.3, 0.4) is 0 Å². The first-order valence-electron chi connectivity index (χ1n) is 14.4. The minimum Gasteiger partial charge on any atom is -0.493 e. The highest BCUT2D eigenvalue weighted by atomic mass is 35.5. The smallest absolute Gasteiger partial charge is 0.417 e. The zero-order valence-electron chi connectivity index (χ0n) is 24.8. The van der Waals surface area contributed by atoms with E-state index in [1.165, 1.54) is 19.2 Å². The van der Waals surface area contributed by atoms with Gasteiger partial charge >= 0.3 is 12.1 Å². The highest BCUT2D eigenvalue weighted by Gasteiger charge is 2.54. The summed E-state index contributed by atoms with van der Waals surface area (Å²) in [5, 5.41) is -0.000921. The molecule has 3 aromatic rings. The van der Waals surface area contributed by atoms with Crippen LogP contribution in [0.15, 0.2) is 66.2 Å². The van der Waals surface area contributed by atoms with Crippen molar-refractivity contribution < 1.29 is 41.7 Å². The Morgan fingerprint density at radius 2 is 1.70 bits per heavy atom. The summed E-state index contributed by atoms with van der Waals surface area (Å²) in [6, 6.07) is 15.6. The maximum absolute atomic E-state index is 13.5. The topological polar surface area (TPSA) is 100 Å². The number of rotatable bonds is 12. The third-order valence-corrected chi connectivity index (χ3v) is 8.74. The maximum atomic E-state index is 13.5. The number of amides is 1. The molecule has 1 amide bonds. The summed E-state index contributed by atoms with van der Waals surface area (Å²) >= 11 is 12.0. The lowest BCUT2D eigenvalue weighted by Gasteiger charge is -2.35. The van der Waals surface area contributed by atoms with Crippen molar-refractivity contribution in [2.45, 2.75) is 37.6 Å². The highest BCUT2D eigenvalue weighted by molar-refractivity contribution is 6.32. The standard InChI is InChI=1S/C33H31Cl2F3N2O6/c1-43-28-17-22(34)7-10-27(28)45-16-15-44-23-8-5-20(6-9-23)24-11-14-40(32(12-13-32)31(39)42)18-25(24)30(41)46-19-21-3-2-4-26(29(21)35)33(36,37)38/h2-10,17H,11-16,18-19H2,1H3,(H2,39,42). The Kier molecular flexibility index (Phi) is 10.0. The number of esters is 1. The monoisotopic (exact) mass is 678 g/mol. The molecule has 0 bridgehead atoms. The molecule has 0 radical (unpaired) electrons. The third-order valence-electron chi connectivity index (χ3n) is 8.06. The molecule has 46 heavy (non-hydrogen) atoms. The molecule has 5 rings (SSSR count). The van der Waals surface area contributed by atoms with E-state index in [1.54, 1.807) is 42.5 Å². The number of carbonyl (C=O) groups excluding carboxylic acids is 2. The molecule has 0 unspecified atom stereocenters. The molecule has 0 atom stereocenters. The minimum atomic E-state index is -4.66. The fourth-order valence-corrected chi connectivity index (χ4v) is 5.89. The number of ether oxygens (including phenoxy) is 4. The number of hydrogen-bond donors (Lipinski definition) is 1. The van der Waals surface area contributed by atoms with Gasteiger partial charge in [-0.3, -0.25) is 9.69 Å². The van der Waals surface area contributed by atoms with E-state index in [0.717, 1.165) is 11.6 Å². The van der Waals surface area contributed by atoms with E-state index in [9.17, 15) is 22.8 Å². The molecule has 2 aliphatic rings. The predicted octanol–water partition coefficient (Wildman–Crippen LogP) is 6.70. The van der Waals surface area contributed by atoms with Gasteiger partial charge in [-0.25, -0.2) is 4.79 Å². The van der Waals surface area contributed by atoms with Gasteiger partial charge in [-0.1, -0.05) is 47.5 Å². The van der Waals surface area contributed by atoms with Crippen LogP contribution < -0.4 is 19.9 Å². The molecule has 3 aromatic carbocycles. The van der Waals surface area contributed by atoms with E-state index >= 15 is 0 Å². The first-order chi connectivity index (χ1) is 21.9. The Morgan fingerprint density at radius 3 is 2.35 bits per heavy atom. The zero-order chi connectivity index (χ0) is 33.1. The number of halogens is 5. The van der Waals surface area contributed by atoms with E-state index in [2.05, 4.69) is 0 Å². The van der Waals surface area contributed by atoms with Crippen LogP contribution in [0.2, 0.25) is 10.0 Å². The van der Waals surface area contributed by atoms with Crippen LogP contribution in [0, 0.1) is 0 Å². The molecule has 1 aliphatic heterocycles. The average molecular weight is 680 g/mol. The lowest BCUT2D eigenvalue weighted by atomic mass is 9.92. The zero-order valence-corrected chi connectivity index (χ0v) is 26.3. The Balaban J connectivity index is 1.30. The number of hydrogen-bond acceptors (Lipinski definition) is 7. The summed E-state index contributed by atoms with van der Waals surface area (Å²) in [6.07, 6.45) is -3.07. The molecule has 1 fully saturated rings. The molecule has 1 saturated carbocycles. The van der Waals surface area contributed by atoms with Gasteiger partial charge in [0.15, 0.2) is 11.5 Å². The SMILES string of the molecule is COc1cc(Cl)ccc1OCCOc1ccc(C2=C(C(=O)OCc3cccc(C(F)(F)F)c3Cl)CN(C3(C(N)=O)CC3)CC2)cc1. The van der Waals surface area contributed by atoms with Gasteiger partial charge in [-0.2, -0.15) is 13.2 Å². The molecule has 0 saturated heterocycles. The number of nitrogens with zero attached hydrogens (tertiary/aromatic N) is 1. The van der Waals surface area contributed by atoms with E-state index in [0.29, 0.717) is 59.2 Å². The molecular formula is C33H31Cl2F3N2O6. The van der Waals surface area contributed by atoms with Crippen LogP contribution in [0.5, 0.6) is 17.2 Å². The predicted molar refractivity (Wildman–Crippen MR) is 166 cm³/mol. The first-order valence-corrected chi connectivity index (χ1v) is 15.2. The Morgan fingerprint density at radius 1 is 0.978 bits per heavy atom. The fourth-order valence-electron chi connectivity index (χ4n) is 5.44. The van der Waals surface area contributed by atoms with E-state index in [-0.39, 0.29) is 25.3 Å². The van der Waals surface area contributed by atoms with Gasteiger partial charge in [0, 0.05) is 29.7 Å². The Hall–Kier alpha value is -3.93. The number of carbonyl (C=O) groups is 2. The summed E-state index contributed by atoms with van der Waals surface area (Å²) in [5.41, 5.74) is 5.61. The molecule has 0 spiro atoms. The van der Waals surface area contributed by atoms with Crippen molar-refractivity contribution in [2.24, 2.45) is 5.73 Å². The minimum absolute atomic E-state index is 0.0236. The van der Waals surface area contributed by atoms with Gasteiger partial charge < -0.3 is 24.7 Å². The quantitative estimate of drug-likeness (QED) is 0.168. The lowest BCUT2D eigenvalue weighted by Crippen LogP contribution is -2.50. The Bertz CT molecular complexity index is 1640. The molecule has 1 heterocycles. The summed E-state index contributed by atoms with van der Waals surface area (Å²) in [7, 11) is 1.52. The second kappa shape index (κ2) is 13.8. The summed E-state index contributed by atoms with van der Waals surface area (Å²) < 4.78 is 62.4. The number of alkyl halides is 3. The molecule has 244 valence electrons. The van der Waals surface area contributed by atoms with Crippen molar-refractivity contribution in [1.82, 2.24) is 4.90 Å². The molecule has 8 nitrogen and oxygen atoms in total. The van der Waals surface area contributed by atoms with Crippen LogP contribution >= 0.6 is 23.2 Å². The van der Waals surface area contributed by atoms with Gasteiger partial charge in [-0.15, -0.1) is 0 Å². The summed E-state index contributed by atoms with van der Waals surface area (Å²) in [6.45, 7) is 0.605. The van der Waals surface area contributed by atoms with Crippen molar-refractivity contribution in [1.29, 1.82) is 0 Å². The number of methoxy groups -OCH3 is 1.